The summed E-state index contributed by atoms with van der Waals surface area (Å²) in [5.41, 5.74) is 2.41. The molecule has 0 aliphatic carbocycles. The highest BCUT2D eigenvalue weighted by molar-refractivity contribution is 5.93. The molecule has 1 aliphatic rings. The van der Waals surface area contributed by atoms with Crippen LogP contribution in [0.4, 0.5) is 0 Å². The minimum Gasteiger partial charge on any atom is -0.497 e. The summed E-state index contributed by atoms with van der Waals surface area (Å²) in [6, 6.07) is 9.58. The Labute approximate surface area is 142 Å². The molecule has 3 rings (SSSR count). The lowest BCUT2D eigenvalue weighted by atomic mass is 10.1. The smallest absolute Gasteiger partial charge is 0.272 e. The number of ether oxygens (including phenoxy) is 1. The Morgan fingerprint density at radius 1 is 1.17 bits per heavy atom. The van der Waals surface area contributed by atoms with Crippen molar-refractivity contribution in [2.24, 2.45) is 7.05 Å². The number of methoxy groups -OCH3 is 1. The Morgan fingerprint density at radius 2 is 1.83 bits per heavy atom. The van der Waals surface area contributed by atoms with Crippen molar-refractivity contribution in [2.45, 2.75) is 6.92 Å². The number of likely N-dealkylation sites (N-methyl/N-ethyl adjacent to an activating group) is 1. The topological polar surface area (TPSA) is 50.6 Å². The lowest BCUT2D eigenvalue weighted by molar-refractivity contribution is 0.0632. The Kier molecular flexibility index (Phi) is 4.85. The van der Waals surface area contributed by atoms with Crippen molar-refractivity contribution in [2.75, 3.05) is 39.8 Å². The largest absolute Gasteiger partial charge is 0.497 e. The number of rotatable bonds is 4. The lowest BCUT2D eigenvalue weighted by Gasteiger charge is -2.33. The molecule has 0 N–H and O–H groups in total. The normalized spacial score (nSPS) is 15.5. The molecule has 0 saturated carbocycles. The van der Waals surface area contributed by atoms with Crippen LogP contribution in [0, 0.1) is 0 Å². The van der Waals surface area contributed by atoms with Crippen LogP contribution in [-0.2, 0) is 7.05 Å². The van der Waals surface area contributed by atoms with Crippen LogP contribution in [0.15, 0.2) is 30.3 Å². The third kappa shape index (κ3) is 3.28. The van der Waals surface area contributed by atoms with Gasteiger partial charge in [-0.3, -0.25) is 9.48 Å². The van der Waals surface area contributed by atoms with Gasteiger partial charge in [-0.1, -0.05) is 6.92 Å². The molecule has 2 aromatic rings. The molecule has 1 aliphatic heterocycles. The van der Waals surface area contributed by atoms with E-state index in [1.165, 1.54) is 0 Å². The fraction of sp³-hybridized carbons (Fsp3) is 0.444. The number of amides is 1. The minimum absolute atomic E-state index is 0.0560. The Bertz CT molecular complexity index is 700. The number of hydrogen-bond acceptors (Lipinski definition) is 4. The molecular weight excluding hydrogens is 304 g/mol. The van der Waals surface area contributed by atoms with Gasteiger partial charge in [0, 0.05) is 38.8 Å². The highest BCUT2D eigenvalue weighted by Gasteiger charge is 2.24. The molecule has 128 valence electrons. The van der Waals surface area contributed by atoms with Gasteiger partial charge < -0.3 is 14.5 Å². The second kappa shape index (κ2) is 7.05. The van der Waals surface area contributed by atoms with Gasteiger partial charge in [0.25, 0.3) is 5.91 Å². The second-order valence-corrected chi connectivity index (χ2v) is 5.99. The maximum atomic E-state index is 12.8. The molecule has 24 heavy (non-hydrogen) atoms. The molecule has 1 fully saturated rings. The van der Waals surface area contributed by atoms with Gasteiger partial charge in [0.1, 0.15) is 11.4 Å². The summed E-state index contributed by atoms with van der Waals surface area (Å²) < 4.78 is 6.85. The lowest BCUT2D eigenvalue weighted by Crippen LogP contribution is -2.48. The molecule has 2 heterocycles. The van der Waals surface area contributed by atoms with Gasteiger partial charge in [-0.15, -0.1) is 0 Å². The van der Waals surface area contributed by atoms with Crippen molar-refractivity contribution in [3.8, 4) is 17.0 Å². The molecule has 0 unspecified atom stereocenters. The van der Waals surface area contributed by atoms with E-state index in [1.54, 1.807) is 11.8 Å². The first kappa shape index (κ1) is 16.5. The summed E-state index contributed by atoms with van der Waals surface area (Å²) >= 11 is 0. The SMILES string of the molecule is CCN1CCN(C(=O)c2cc(-c3ccc(OC)cc3)nn2C)CC1. The molecule has 1 saturated heterocycles. The number of carbonyl (C=O) groups excluding carboxylic acids is 1. The van der Waals surface area contributed by atoms with Crippen molar-refractivity contribution >= 4 is 5.91 Å². The average molecular weight is 328 g/mol. The van der Waals surface area contributed by atoms with Crippen LogP contribution in [0.5, 0.6) is 5.75 Å². The predicted molar refractivity (Wildman–Crippen MR) is 93.2 cm³/mol. The summed E-state index contributed by atoms with van der Waals surface area (Å²) in [5.74, 6) is 0.861. The van der Waals surface area contributed by atoms with E-state index in [1.807, 2.05) is 42.3 Å². The molecule has 0 atom stereocenters. The Balaban J connectivity index is 1.77. The molecule has 0 spiro atoms. The van der Waals surface area contributed by atoms with Crippen LogP contribution in [0.3, 0.4) is 0 Å². The number of piperazine rings is 1. The van der Waals surface area contributed by atoms with E-state index in [9.17, 15) is 4.79 Å². The van der Waals surface area contributed by atoms with Crippen molar-refractivity contribution < 1.29 is 9.53 Å². The third-order valence-electron chi connectivity index (χ3n) is 4.59. The van der Waals surface area contributed by atoms with E-state index in [2.05, 4.69) is 16.9 Å². The monoisotopic (exact) mass is 328 g/mol. The van der Waals surface area contributed by atoms with E-state index in [-0.39, 0.29) is 5.91 Å². The molecule has 0 radical (unpaired) electrons. The average Bonchev–Trinajstić information content (AvgIpc) is 3.03. The first-order chi connectivity index (χ1) is 11.6. The van der Waals surface area contributed by atoms with Crippen LogP contribution in [0.2, 0.25) is 0 Å². The molecular formula is C18H24N4O2. The number of hydrogen-bond donors (Lipinski definition) is 0. The van der Waals surface area contributed by atoms with Gasteiger partial charge >= 0.3 is 0 Å². The first-order valence-corrected chi connectivity index (χ1v) is 8.32. The summed E-state index contributed by atoms with van der Waals surface area (Å²) in [5, 5.41) is 4.50. The highest BCUT2D eigenvalue weighted by Crippen LogP contribution is 2.22. The molecule has 1 aromatic carbocycles. The van der Waals surface area contributed by atoms with Crippen LogP contribution in [-0.4, -0.2) is 65.3 Å². The summed E-state index contributed by atoms with van der Waals surface area (Å²) in [6.45, 7) is 6.61. The second-order valence-electron chi connectivity index (χ2n) is 5.99. The van der Waals surface area contributed by atoms with Crippen LogP contribution >= 0.6 is 0 Å². The summed E-state index contributed by atoms with van der Waals surface area (Å²) in [4.78, 5) is 17.1. The van der Waals surface area contributed by atoms with Crippen molar-refractivity contribution in [3.05, 3.63) is 36.0 Å². The maximum absolute atomic E-state index is 12.8. The van der Waals surface area contributed by atoms with Gasteiger partial charge in [-0.2, -0.15) is 5.10 Å². The first-order valence-electron chi connectivity index (χ1n) is 8.32. The maximum Gasteiger partial charge on any atom is 0.272 e. The zero-order chi connectivity index (χ0) is 17.1. The highest BCUT2D eigenvalue weighted by atomic mass is 16.5. The van der Waals surface area contributed by atoms with Gasteiger partial charge in [0.15, 0.2) is 0 Å². The van der Waals surface area contributed by atoms with Gasteiger partial charge in [0.2, 0.25) is 0 Å². The zero-order valence-electron chi connectivity index (χ0n) is 14.5. The number of carbonyl (C=O) groups is 1. The summed E-state index contributed by atoms with van der Waals surface area (Å²) in [7, 11) is 3.47. The quantitative estimate of drug-likeness (QED) is 0.860. The minimum atomic E-state index is 0.0560. The standard InChI is InChI=1S/C18H24N4O2/c1-4-21-9-11-22(12-10-21)18(23)17-13-16(19-20(17)2)14-5-7-15(24-3)8-6-14/h5-8,13H,4,9-12H2,1-3H3. The molecule has 0 bridgehead atoms. The molecule has 1 aromatic heterocycles. The van der Waals surface area contributed by atoms with Crippen molar-refractivity contribution in [1.29, 1.82) is 0 Å². The van der Waals surface area contributed by atoms with Gasteiger partial charge in [0.05, 0.1) is 12.8 Å². The van der Waals surface area contributed by atoms with Crippen LogP contribution in [0.1, 0.15) is 17.4 Å². The molecule has 6 nitrogen and oxygen atoms in total. The number of aromatic nitrogens is 2. The number of aryl methyl sites for hydroxylation is 1. The zero-order valence-corrected chi connectivity index (χ0v) is 14.5. The van der Waals surface area contributed by atoms with Crippen molar-refractivity contribution in [3.63, 3.8) is 0 Å². The summed E-state index contributed by atoms with van der Waals surface area (Å²) in [6.07, 6.45) is 0. The number of benzene rings is 1. The number of nitrogens with zero attached hydrogens (tertiary/aromatic N) is 4. The van der Waals surface area contributed by atoms with E-state index in [0.717, 1.165) is 49.7 Å². The van der Waals surface area contributed by atoms with E-state index in [4.69, 9.17) is 4.74 Å². The van der Waals surface area contributed by atoms with Crippen LogP contribution in [0.25, 0.3) is 11.3 Å². The molecule has 6 heteroatoms. The fourth-order valence-electron chi connectivity index (χ4n) is 3.00. The van der Waals surface area contributed by atoms with E-state index in [0.29, 0.717) is 5.69 Å². The fourth-order valence-corrected chi connectivity index (χ4v) is 3.00. The van der Waals surface area contributed by atoms with Gasteiger partial charge in [-0.25, -0.2) is 0 Å². The van der Waals surface area contributed by atoms with Crippen LogP contribution < -0.4 is 4.74 Å². The third-order valence-corrected chi connectivity index (χ3v) is 4.59. The van der Waals surface area contributed by atoms with E-state index < -0.39 is 0 Å². The Hall–Kier alpha value is -2.34. The Morgan fingerprint density at radius 3 is 2.42 bits per heavy atom. The van der Waals surface area contributed by atoms with Gasteiger partial charge in [-0.05, 0) is 36.9 Å². The van der Waals surface area contributed by atoms with E-state index >= 15 is 0 Å². The molecule has 1 amide bonds. The van der Waals surface area contributed by atoms with Crippen molar-refractivity contribution in [1.82, 2.24) is 19.6 Å². The predicted octanol–water partition coefficient (Wildman–Crippen LogP) is 1.87.